The summed E-state index contributed by atoms with van der Waals surface area (Å²) in [5, 5.41) is 9.45. The number of halogens is 1. The fourth-order valence-electron chi connectivity index (χ4n) is 2.46. The van der Waals surface area contributed by atoms with Crippen LogP contribution in [0.4, 0.5) is 4.39 Å². The first-order valence-corrected chi connectivity index (χ1v) is 7.54. The maximum absolute atomic E-state index is 13.0. The van der Waals surface area contributed by atoms with Gasteiger partial charge in [-0.3, -0.25) is 4.79 Å². The van der Waals surface area contributed by atoms with Crippen molar-refractivity contribution in [2.45, 2.75) is 6.54 Å². The van der Waals surface area contributed by atoms with Crippen LogP contribution in [-0.2, 0) is 6.54 Å². The average Bonchev–Trinajstić information content (AvgIpc) is 3.03. The topological polar surface area (TPSA) is 42.2 Å². The lowest BCUT2D eigenvalue weighted by Crippen LogP contribution is -2.09. The smallest absolute Gasteiger partial charge is 0.209 e. The van der Waals surface area contributed by atoms with E-state index in [1.807, 2.05) is 29.0 Å². The van der Waals surface area contributed by atoms with Gasteiger partial charge in [0, 0.05) is 18.3 Å². The van der Waals surface area contributed by atoms with Crippen LogP contribution in [0.2, 0.25) is 0 Å². The van der Waals surface area contributed by atoms with Crippen LogP contribution in [0.1, 0.15) is 21.6 Å². The minimum Gasteiger partial charge on any atom is -0.508 e. The third-order valence-corrected chi connectivity index (χ3v) is 3.65. The lowest BCUT2D eigenvalue weighted by molar-refractivity contribution is 0.103. The maximum Gasteiger partial charge on any atom is 0.209 e. The van der Waals surface area contributed by atoms with Crippen molar-refractivity contribution in [3.05, 3.63) is 95.6 Å². The van der Waals surface area contributed by atoms with Crippen LogP contribution in [0, 0.1) is 5.82 Å². The third kappa shape index (κ3) is 3.60. The lowest BCUT2D eigenvalue weighted by atomic mass is 10.1. The van der Waals surface area contributed by atoms with E-state index in [0.717, 1.165) is 5.56 Å². The van der Waals surface area contributed by atoms with Crippen molar-refractivity contribution >= 4 is 11.9 Å². The second-order valence-corrected chi connectivity index (χ2v) is 5.38. The number of aromatic hydroxyl groups is 1. The quantitative estimate of drug-likeness (QED) is 0.713. The Morgan fingerprint density at radius 1 is 1.08 bits per heavy atom. The molecule has 0 spiro atoms. The normalized spacial score (nSPS) is 11.0. The Balaban J connectivity index is 1.75. The number of rotatable bonds is 5. The van der Waals surface area contributed by atoms with Crippen LogP contribution in [0.3, 0.4) is 0 Å². The van der Waals surface area contributed by atoms with E-state index in [-0.39, 0.29) is 17.3 Å². The van der Waals surface area contributed by atoms with Gasteiger partial charge >= 0.3 is 0 Å². The molecular formula is C20H16FNO2. The molecule has 0 aliphatic carbocycles. The van der Waals surface area contributed by atoms with E-state index in [9.17, 15) is 14.3 Å². The highest BCUT2D eigenvalue weighted by Gasteiger charge is 2.12. The van der Waals surface area contributed by atoms with Gasteiger partial charge in [-0.2, -0.15) is 0 Å². The Hall–Kier alpha value is -3.14. The lowest BCUT2D eigenvalue weighted by Gasteiger charge is -2.06. The summed E-state index contributed by atoms with van der Waals surface area (Å²) in [5.74, 6) is -0.299. The van der Waals surface area contributed by atoms with Crippen molar-refractivity contribution in [3.63, 3.8) is 0 Å². The Labute approximate surface area is 139 Å². The van der Waals surface area contributed by atoms with Gasteiger partial charge in [0.25, 0.3) is 0 Å². The van der Waals surface area contributed by atoms with E-state index in [2.05, 4.69) is 0 Å². The first kappa shape index (κ1) is 15.7. The van der Waals surface area contributed by atoms with Crippen LogP contribution in [0.15, 0.2) is 72.9 Å². The molecule has 0 radical (unpaired) electrons. The highest BCUT2D eigenvalue weighted by atomic mass is 19.1. The first-order valence-electron chi connectivity index (χ1n) is 7.54. The summed E-state index contributed by atoms with van der Waals surface area (Å²) in [6, 6.07) is 16.0. The number of phenols is 1. The molecule has 3 aromatic rings. The fraction of sp³-hybridized carbons (Fsp3) is 0.0500. The van der Waals surface area contributed by atoms with Crippen molar-refractivity contribution in [1.29, 1.82) is 0 Å². The SMILES string of the molecule is O=C(c1ccc(F)cc1)c1cccn1C/C=C/c1cccc(O)c1. The van der Waals surface area contributed by atoms with Gasteiger partial charge in [-0.05, 0) is 54.1 Å². The molecule has 0 aliphatic rings. The molecule has 1 heterocycles. The average molecular weight is 321 g/mol. The second kappa shape index (κ2) is 6.96. The van der Waals surface area contributed by atoms with Crippen molar-refractivity contribution in [2.75, 3.05) is 0 Å². The van der Waals surface area contributed by atoms with Gasteiger partial charge in [-0.15, -0.1) is 0 Å². The zero-order valence-corrected chi connectivity index (χ0v) is 12.9. The Morgan fingerprint density at radius 2 is 1.88 bits per heavy atom. The molecule has 3 rings (SSSR count). The van der Waals surface area contributed by atoms with Crippen molar-refractivity contribution < 1.29 is 14.3 Å². The van der Waals surface area contributed by atoms with Gasteiger partial charge in [-0.25, -0.2) is 4.39 Å². The summed E-state index contributed by atoms with van der Waals surface area (Å²) in [6.07, 6.45) is 5.62. The molecule has 4 heteroatoms. The van der Waals surface area contributed by atoms with E-state index < -0.39 is 0 Å². The summed E-state index contributed by atoms with van der Waals surface area (Å²) in [6.45, 7) is 0.519. The van der Waals surface area contributed by atoms with Crippen LogP contribution in [0.25, 0.3) is 6.08 Å². The highest BCUT2D eigenvalue weighted by Crippen LogP contribution is 2.14. The molecule has 0 saturated heterocycles. The molecule has 0 aliphatic heterocycles. The molecular weight excluding hydrogens is 305 g/mol. The molecule has 0 atom stereocenters. The summed E-state index contributed by atoms with van der Waals surface area (Å²) < 4.78 is 14.8. The molecule has 2 aromatic carbocycles. The van der Waals surface area contributed by atoms with E-state index in [4.69, 9.17) is 0 Å². The molecule has 0 unspecified atom stereocenters. The van der Waals surface area contributed by atoms with E-state index in [1.165, 1.54) is 24.3 Å². The number of allylic oxidation sites excluding steroid dienone is 1. The zero-order valence-electron chi connectivity index (χ0n) is 12.9. The van der Waals surface area contributed by atoms with Gasteiger partial charge in [0.2, 0.25) is 5.78 Å². The van der Waals surface area contributed by atoms with Crippen molar-refractivity contribution in [2.24, 2.45) is 0 Å². The van der Waals surface area contributed by atoms with E-state index in [0.29, 0.717) is 17.8 Å². The van der Waals surface area contributed by atoms with Gasteiger partial charge < -0.3 is 9.67 Å². The first-order chi connectivity index (χ1) is 11.6. The predicted octanol–water partition coefficient (Wildman–Crippen LogP) is 4.28. The number of benzene rings is 2. The van der Waals surface area contributed by atoms with Crippen molar-refractivity contribution in [1.82, 2.24) is 4.57 Å². The minimum absolute atomic E-state index is 0.147. The molecule has 0 saturated carbocycles. The molecule has 0 fully saturated rings. The Kier molecular flexibility index (Phi) is 4.57. The zero-order chi connectivity index (χ0) is 16.9. The third-order valence-electron chi connectivity index (χ3n) is 3.65. The molecule has 1 aromatic heterocycles. The monoisotopic (exact) mass is 321 g/mol. The fourth-order valence-corrected chi connectivity index (χ4v) is 2.46. The number of hydrogen-bond acceptors (Lipinski definition) is 2. The van der Waals surface area contributed by atoms with Gasteiger partial charge in [0.15, 0.2) is 0 Å². The van der Waals surface area contributed by atoms with Gasteiger partial charge in [0.1, 0.15) is 11.6 Å². The Morgan fingerprint density at radius 3 is 2.62 bits per heavy atom. The van der Waals surface area contributed by atoms with Crippen LogP contribution in [0.5, 0.6) is 5.75 Å². The molecule has 3 nitrogen and oxygen atoms in total. The van der Waals surface area contributed by atoms with Crippen LogP contribution >= 0.6 is 0 Å². The molecule has 0 amide bonds. The summed E-state index contributed by atoms with van der Waals surface area (Å²) in [5.41, 5.74) is 1.88. The molecule has 1 N–H and O–H groups in total. The number of ketones is 1. The predicted molar refractivity (Wildman–Crippen MR) is 91.4 cm³/mol. The summed E-state index contributed by atoms with van der Waals surface area (Å²) in [4.78, 5) is 12.5. The summed E-state index contributed by atoms with van der Waals surface area (Å²) in [7, 11) is 0. The van der Waals surface area contributed by atoms with Crippen LogP contribution < -0.4 is 0 Å². The van der Waals surface area contributed by atoms with Gasteiger partial charge in [-0.1, -0.05) is 24.3 Å². The summed E-state index contributed by atoms with van der Waals surface area (Å²) >= 11 is 0. The van der Waals surface area contributed by atoms with Gasteiger partial charge in [0.05, 0.1) is 5.69 Å². The number of aromatic nitrogens is 1. The number of phenolic OH excluding ortho intramolecular Hbond substituents is 1. The second-order valence-electron chi connectivity index (χ2n) is 5.38. The number of nitrogens with zero attached hydrogens (tertiary/aromatic N) is 1. The minimum atomic E-state index is -0.365. The van der Waals surface area contributed by atoms with Crippen LogP contribution in [-0.4, -0.2) is 15.5 Å². The number of hydrogen-bond donors (Lipinski definition) is 1. The van der Waals surface area contributed by atoms with Crippen molar-refractivity contribution in [3.8, 4) is 5.75 Å². The Bertz CT molecular complexity index is 879. The molecule has 0 bridgehead atoms. The largest absolute Gasteiger partial charge is 0.508 e. The number of carbonyl (C=O) groups is 1. The number of carbonyl (C=O) groups excluding carboxylic acids is 1. The molecule has 24 heavy (non-hydrogen) atoms. The highest BCUT2D eigenvalue weighted by molar-refractivity contribution is 6.07. The maximum atomic E-state index is 13.0. The van der Waals surface area contributed by atoms with E-state index >= 15 is 0 Å². The molecule has 120 valence electrons. The standard InChI is InChI=1S/C20H16FNO2/c21-17-10-8-16(9-11-17)20(24)19-7-3-13-22(19)12-2-5-15-4-1-6-18(23)14-15/h1-11,13-14,23H,12H2/b5-2+. The van der Waals surface area contributed by atoms with E-state index in [1.54, 1.807) is 30.3 Å².